The summed E-state index contributed by atoms with van der Waals surface area (Å²) in [5.41, 5.74) is 5.71. The van der Waals surface area contributed by atoms with Gasteiger partial charge in [-0.15, -0.1) is 0 Å². The molecule has 10 nitrogen and oxygen atoms in total. The number of anilines is 1. The van der Waals surface area contributed by atoms with Crippen molar-refractivity contribution in [3.63, 3.8) is 0 Å². The van der Waals surface area contributed by atoms with Crippen molar-refractivity contribution in [1.82, 2.24) is 4.90 Å². The summed E-state index contributed by atoms with van der Waals surface area (Å²) in [7, 11) is 7.03. The van der Waals surface area contributed by atoms with Crippen LogP contribution in [0.25, 0.3) is 16.9 Å². The third-order valence-corrected chi connectivity index (χ3v) is 8.88. The molecule has 0 spiro atoms. The molecule has 3 aliphatic carbocycles. The normalized spacial score (nSPS) is 25.7. The van der Waals surface area contributed by atoms with E-state index < -0.39 is 58.0 Å². The number of ketones is 2. The Bertz CT molecular complexity index is 1550. The van der Waals surface area contributed by atoms with Crippen LogP contribution in [0.1, 0.15) is 30.0 Å². The van der Waals surface area contributed by atoms with Crippen LogP contribution in [-0.2, 0) is 27.2 Å². The van der Waals surface area contributed by atoms with Crippen LogP contribution < -0.4 is 10.6 Å². The Morgan fingerprint density at radius 3 is 2.24 bits per heavy atom. The highest BCUT2D eigenvalue weighted by molar-refractivity contribution is 6.24. The Balaban J connectivity index is 1.75. The van der Waals surface area contributed by atoms with Crippen LogP contribution in [0.3, 0.4) is 0 Å². The predicted octanol–water partition coefficient (Wildman–Crippen LogP) is 2.26. The number of nitrogens with two attached hydrogens (primary N) is 1. The van der Waals surface area contributed by atoms with Gasteiger partial charge in [-0.1, -0.05) is 19.1 Å². The molecular weight excluding hydrogens is 526 g/mol. The number of aliphatic hydroxyl groups is 3. The maximum absolute atomic E-state index is 14.1. The number of phenolic OH excluding ortho intramolecular Hbond substituents is 1. The summed E-state index contributed by atoms with van der Waals surface area (Å²) in [4.78, 5) is 43.0. The molecule has 41 heavy (non-hydrogen) atoms. The number of fused-ring (bicyclic) bond motifs is 3. The number of hydrogen-bond acceptors (Lipinski definition) is 9. The summed E-state index contributed by atoms with van der Waals surface area (Å²) in [6, 6.07) is 8.61. The van der Waals surface area contributed by atoms with E-state index in [1.807, 2.05) is 56.3 Å². The molecule has 1 amide bonds. The van der Waals surface area contributed by atoms with Gasteiger partial charge in [0.1, 0.15) is 22.8 Å². The zero-order valence-corrected chi connectivity index (χ0v) is 23.7. The third kappa shape index (κ3) is 3.96. The lowest BCUT2D eigenvalue weighted by Gasteiger charge is -2.50. The Labute approximate surface area is 238 Å². The number of carbonyl (C=O) groups is 3. The SMILES string of the molecule is CCc1cc(-c2ccc(N(C)C)cc2)c2c(c1O)C(O)=C1C(=O)[C@@]3(O)C(O)=C(C(N)=O)C(=O)[C@H](N(C)C)[C@H]3C[C@H]1C2. The lowest BCUT2D eigenvalue weighted by molar-refractivity contribution is -0.153. The van der Waals surface area contributed by atoms with Crippen molar-refractivity contribution in [3.05, 3.63) is 63.9 Å². The minimum Gasteiger partial charge on any atom is -0.508 e. The Hall–Kier alpha value is -4.15. The van der Waals surface area contributed by atoms with Crippen LogP contribution in [0, 0.1) is 11.8 Å². The van der Waals surface area contributed by atoms with E-state index in [4.69, 9.17) is 5.73 Å². The number of likely N-dealkylation sites (N-methyl/N-ethyl adjacent to an activating group) is 1. The Morgan fingerprint density at radius 1 is 1.07 bits per heavy atom. The maximum atomic E-state index is 14.1. The van der Waals surface area contributed by atoms with E-state index in [0.717, 1.165) is 16.8 Å². The van der Waals surface area contributed by atoms with E-state index in [2.05, 4.69) is 0 Å². The number of benzene rings is 2. The molecule has 0 saturated heterocycles. The first-order chi connectivity index (χ1) is 19.2. The molecule has 0 unspecified atom stereocenters. The largest absolute Gasteiger partial charge is 0.508 e. The highest BCUT2D eigenvalue weighted by Gasteiger charge is 2.64. The molecule has 0 heterocycles. The van der Waals surface area contributed by atoms with E-state index in [9.17, 15) is 34.8 Å². The molecule has 5 rings (SSSR count). The van der Waals surface area contributed by atoms with Crippen LogP contribution in [0.15, 0.2) is 47.2 Å². The second-order valence-electron chi connectivity index (χ2n) is 11.5. The van der Waals surface area contributed by atoms with E-state index in [1.165, 1.54) is 4.90 Å². The molecule has 0 bridgehead atoms. The molecule has 0 aromatic heterocycles. The molecule has 10 heteroatoms. The third-order valence-electron chi connectivity index (χ3n) is 8.88. The van der Waals surface area contributed by atoms with Crippen LogP contribution in [0.4, 0.5) is 5.69 Å². The zero-order chi connectivity index (χ0) is 30.1. The Kier molecular flexibility index (Phi) is 6.74. The number of aromatic hydroxyl groups is 1. The number of primary amides is 1. The smallest absolute Gasteiger partial charge is 0.255 e. The van der Waals surface area contributed by atoms with Crippen molar-refractivity contribution in [2.75, 3.05) is 33.1 Å². The van der Waals surface area contributed by atoms with Gasteiger partial charge in [0.2, 0.25) is 5.78 Å². The van der Waals surface area contributed by atoms with Crippen molar-refractivity contribution in [2.45, 2.75) is 37.8 Å². The zero-order valence-electron chi connectivity index (χ0n) is 23.7. The molecule has 0 radical (unpaired) electrons. The Morgan fingerprint density at radius 2 is 1.71 bits per heavy atom. The van der Waals surface area contributed by atoms with E-state index in [0.29, 0.717) is 17.5 Å². The number of Topliss-reactive ketones (excluding diaryl/α,β-unsaturated/α-hetero) is 2. The molecule has 3 aliphatic rings. The highest BCUT2D eigenvalue weighted by atomic mass is 16.3. The molecule has 2 aromatic rings. The first-order valence-corrected chi connectivity index (χ1v) is 13.6. The number of nitrogens with zero attached hydrogens (tertiary/aromatic N) is 2. The monoisotopic (exact) mass is 561 g/mol. The summed E-state index contributed by atoms with van der Waals surface area (Å²) < 4.78 is 0. The topological polar surface area (TPSA) is 165 Å². The fraction of sp³-hybridized carbons (Fsp3) is 0.387. The first-order valence-electron chi connectivity index (χ1n) is 13.6. The quantitative estimate of drug-likeness (QED) is 0.344. The number of aryl methyl sites for hydroxylation is 1. The molecule has 1 fully saturated rings. The van der Waals surface area contributed by atoms with Gasteiger partial charge in [-0.25, -0.2) is 0 Å². The average Bonchev–Trinajstić information content (AvgIpc) is 2.90. The van der Waals surface area contributed by atoms with Crippen LogP contribution in [0.2, 0.25) is 0 Å². The number of hydrogen-bond donors (Lipinski definition) is 5. The number of phenols is 1. The van der Waals surface area contributed by atoms with Crippen LogP contribution >= 0.6 is 0 Å². The van der Waals surface area contributed by atoms with Gasteiger partial charge in [0, 0.05) is 31.3 Å². The molecule has 4 atom stereocenters. The van der Waals surface area contributed by atoms with Gasteiger partial charge in [0.15, 0.2) is 11.4 Å². The summed E-state index contributed by atoms with van der Waals surface area (Å²) in [5.74, 6) is -6.55. The summed E-state index contributed by atoms with van der Waals surface area (Å²) in [5, 5.41) is 45.7. The van der Waals surface area contributed by atoms with Gasteiger partial charge in [-0.3, -0.25) is 19.3 Å². The van der Waals surface area contributed by atoms with Crippen molar-refractivity contribution < 1.29 is 34.8 Å². The fourth-order valence-corrected chi connectivity index (χ4v) is 6.83. The van der Waals surface area contributed by atoms with Gasteiger partial charge in [0.25, 0.3) is 5.91 Å². The van der Waals surface area contributed by atoms with Crippen molar-refractivity contribution in [3.8, 4) is 16.9 Å². The molecule has 6 N–H and O–H groups in total. The predicted molar refractivity (Wildman–Crippen MR) is 153 cm³/mol. The van der Waals surface area contributed by atoms with Gasteiger partial charge in [-0.05, 0) is 79.7 Å². The van der Waals surface area contributed by atoms with Gasteiger partial charge >= 0.3 is 0 Å². The van der Waals surface area contributed by atoms with Crippen LogP contribution in [-0.4, -0.2) is 82.6 Å². The molecule has 2 aromatic carbocycles. The summed E-state index contributed by atoms with van der Waals surface area (Å²) >= 11 is 0. The van der Waals surface area contributed by atoms with Gasteiger partial charge < -0.3 is 31.1 Å². The molecule has 1 saturated carbocycles. The van der Waals surface area contributed by atoms with Crippen LogP contribution in [0.5, 0.6) is 5.75 Å². The molecular formula is C31H35N3O7. The summed E-state index contributed by atoms with van der Waals surface area (Å²) in [6.45, 7) is 1.86. The van der Waals surface area contributed by atoms with Gasteiger partial charge in [-0.2, -0.15) is 0 Å². The van der Waals surface area contributed by atoms with E-state index >= 15 is 0 Å². The second-order valence-corrected chi connectivity index (χ2v) is 11.5. The first kappa shape index (κ1) is 28.4. The number of amides is 1. The average molecular weight is 562 g/mol. The standard InChI is InChI=1S/C31H35N3O7/c1-6-14-11-18(15-7-9-17(10-8-15)33(2)3)19-12-16-13-20-24(34(4)5)27(37)23(30(32)40)29(39)31(20,41)28(38)21(16)26(36)22(19)25(14)35/h7-11,16,20,24,35-36,39,41H,6,12-13H2,1-5H3,(H2,32,40)/t16-,20-,24-,31-/m1/s1. The lowest BCUT2D eigenvalue weighted by Crippen LogP contribution is -2.65. The highest BCUT2D eigenvalue weighted by Crippen LogP contribution is 2.54. The second kappa shape index (κ2) is 9.74. The number of carbonyl (C=O) groups excluding carboxylic acids is 3. The van der Waals surface area contributed by atoms with E-state index in [1.54, 1.807) is 14.1 Å². The minimum absolute atomic E-state index is 0.0427. The lowest BCUT2D eigenvalue weighted by atomic mass is 9.57. The summed E-state index contributed by atoms with van der Waals surface area (Å²) in [6.07, 6.45) is 0.726. The van der Waals surface area contributed by atoms with Crippen molar-refractivity contribution >= 4 is 28.9 Å². The van der Waals surface area contributed by atoms with Gasteiger partial charge in [0.05, 0.1) is 11.6 Å². The number of aliphatic hydroxyl groups excluding tert-OH is 2. The molecule has 216 valence electrons. The minimum atomic E-state index is -2.66. The van der Waals surface area contributed by atoms with Crippen molar-refractivity contribution in [2.24, 2.45) is 17.6 Å². The molecule has 0 aliphatic heterocycles. The fourth-order valence-electron chi connectivity index (χ4n) is 6.83. The van der Waals surface area contributed by atoms with Crippen molar-refractivity contribution in [1.29, 1.82) is 0 Å². The van der Waals surface area contributed by atoms with E-state index in [-0.39, 0.29) is 29.7 Å². The maximum Gasteiger partial charge on any atom is 0.255 e. The number of rotatable bonds is 5.